The lowest BCUT2D eigenvalue weighted by Crippen LogP contribution is -2.51. The molecule has 0 radical (unpaired) electrons. The maximum atomic E-state index is 12.8. The highest BCUT2D eigenvalue weighted by atomic mass is 16.5. The molecule has 20 heavy (non-hydrogen) atoms. The summed E-state index contributed by atoms with van der Waals surface area (Å²) >= 11 is 0. The number of hydrogen-bond donors (Lipinski definition) is 0. The summed E-state index contributed by atoms with van der Waals surface area (Å²) in [6.07, 6.45) is 4.29. The number of benzene rings is 1. The van der Waals surface area contributed by atoms with Gasteiger partial charge in [-0.25, -0.2) is 0 Å². The van der Waals surface area contributed by atoms with Crippen molar-refractivity contribution in [2.24, 2.45) is 5.92 Å². The predicted molar refractivity (Wildman–Crippen MR) is 78.8 cm³/mol. The molecule has 0 bridgehead atoms. The van der Waals surface area contributed by atoms with Crippen molar-refractivity contribution < 1.29 is 9.53 Å². The molecule has 3 nitrogen and oxygen atoms in total. The van der Waals surface area contributed by atoms with Crippen LogP contribution in [0.4, 0.5) is 0 Å². The molecule has 1 fully saturated rings. The number of amides is 1. The van der Waals surface area contributed by atoms with Crippen molar-refractivity contribution in [1.82, 2.24) is 4.90 Å². The van der Waals surface area contributed by atoms with Crippen LogP contribution in [0.1, 0.15) is 38.7 Å². The van der Waals surface area contributed by atoms with E-state index in [0.717, 1.165) is 30.6 Å². The Morgan fingerprint density at radius 3 is 2.65 bits per heavy atom. The van der Waals surface area contributed by atoms with E-state index in [1.807, 2.05) is 18.2 Å². The van der Waals surface area contributed by atoms with E-state index in [2.05, 4.69) is 24.8 Å². The first-order chi connectivity index (χ1) is 9.66. The first-order valence-electron chi connectivity index (χ1n) is 7.69. The molecule has 2 aliphatic heterocycles. The van der Waals surface area contributed by atoms with Gasteiger partial charge in [0.25, 0.3) is 0 Å². The van der Waals surface area contributed by atoms with Gasteiger partial charge in [-0.1, -0.05) is 18.2 Å². The monoisotopic (exact) mass is 273 g/mol. The number of fused-ring (bicyclic) bond motifs is 1. The summed E-state index contributed by atoms with van der Waals surface area (Å²) in [5.41, 5.74) is 1.16. The van der Waals surface area contributed by atoms with Gasteiger partial charge < -0.3 is 9.64 Å². The predicted octanol–water partition coefficient (Wildman–Crippen LogP) is 3.03. The topological polar surface area (TPSA) is 29.5 Å². The van der Waals surface area contributed by atoms with Crippen molar-refractivity contribution in [1.29, 1.82) is 0 Å². The van der Waals surface area contributed by atoms with Crippen LogP contribution in [-0.4, -0.2) is 29.5 Å². The lowest BCUT2D eigenvalue weighted by Gasteiger charge is -2.41. The lowest BCUT2D eigenvalue weighted by atomic mass is 9.91. The Morgan fingerprint density at radius 1 is 1.20 bits per heavy atom. The fourth-order valence-corrected chi connectivity index (χ4v) is 3.55. The van der Waals surface area contributed by atoms with Crippen LogP contribution in [0.2, 0.25) is 0 Å². The average molecular weight is 273 g/mol. The van der Waals surface area contributed by atoms with E-state index in [4.69, 9.17) is 4.74 Å². The highest BCUT2D eigenvalue weighted by molar-refractivity contribution is 5.80. The number of para-hydroxylation sites is 1. The van der Waals surface area contributed by atoms with Gasteiger partial charge in [-0.15, -0.1) is 0 Å². The zero-order valence-electron chi connectivity index (χ0n) is 12.3. The van der Waals surface area contributed by atoms with Gasteiger partial charge in [0.1, 0.15) is 12.4 Å². The minimum Gasteiger partial charge on any atom is -0.492 e. The van der Waals surface area contributed by atoms with E-state index in [1.165, 1.54) is 6.42 Å². The number of ether oxygens (including phenoxy) is 1. The zero-order chi connectivity index (χ0) is 14.1. The van der Waals surface area contributed by atoms with Gasteiger partial charge in [-0.05, 0) is 51.2 Å². The van der Waals surface area contributed by atoms with Gasteiger partial charge in [0.15, 0.2) is 0 Å². The summed E-state index contributed by atoms with van der Waals surface area (Å²) < 4.78 is 5.77. The molecule has 108 valence electrons. The Kier molecular flexibility index (Phi) is 3.68. The molecule has 0 aliphatic carbocycles. The van der Waals surface area contributed by atoms with Crippen LogP contribution in [0.25, 0.3) is 0 Å². The van der Waals surface area contributed by atoms with Gasteiger partial charge >= 0.3 is 0 Å². The smallest absolute Gasteiger partial charge is 0.229 e. The number of hydrogen-bond acceptors (Lipinski definition) is 2. The maximum Gasteiger partial charge on any atom is 0.229 e. The SMILES string of the molecule is C[C@@H]1CCC[C@H](C)N1C(=O)[C@@H]1COc2ccccc2C1. The van der Waals surface area contributed by atoms with Crippen LogP contribution in [0.3, 0.4) is 0 Å². The Labute approximate surface area is 120 Å². The highest BCUT2D eigenvalue weighted by Crippen LogP contribution is 2.30. The van der Waals surface area contributed by atoms with Crippen molar-refractivity contribution in [2.75, 3.05) is 6.61 Å². The molecule has 0 spiro atoms. The molecule has 1 aromatic rings. The molecule has 0 aromatic heterocycles. The van der Waals surface area contributed by atoms with E-state index in [-0.39, 0.29) is 11.8 Å². The fourth-order valence-electron chi connectivity index (χ4n) is 3.55. The number of carbonyl (C=O) groups excluding carboxylic acids is 1. The van der Waals surface area contributed by atoms with Crippen molar-refractivity contribution in [3.63, 3.8) is 0 Å². The van der Waals surface area contributed by atoms with Gasteiger partial charge in [0.2, 0.25) is 5.91 Å². The zero-order valence-corrected chi connectivity index (χ0v) is 12.3. The minimum atomic E-state index is -0.0205. The third-order valence-corrected chi connectivity index (χ3v) is 4.68. The van der Waals surface area contributed by atoms with Crippen molar-refractivity contribution in [3.05, 3.63) is 29.8 Å². The molecule has 1 aromatic carbocycles. The molecule has 0 saturated carbocycles. The van der Waals surface area contributed by atoms with Crippen molar-refractivity contribution >= 4 is 5.91 Å². The van der Waals surface area contributed by atoms with Crippen LogP contribution >= 0.6 is 0 Å². The highest BCUT2D eigenvalue weighted by Gasteiger charge is 2.35. The second-order valence-corrected chi connectivity index (χ2v) is 6.19. The van der Waals surface area contributed by atoms with Crippen LogP contribution in [0.5, 0.6) is 5.75 Å². The van der Waals surface area contributed by atoms with Crippen molar-refractivity contribution in [3.8, 4) is 5.75 Å². The summed E-state index contributed by atoms with van der Waals surface area (Å²) in [6.45, 7) is 4.86. The molecule has 0 unspecified atom stereocenters. The maximum absolute atomic E-state index is 12.8. The van der Waals surface area contributed by atoms with Crippen LogP contribution in [0.15, 0.2) is 24.3 Å². The third-order valence-electron chi connectivity index (χ3n) is 4.68. The van der Waals surface area contributed by atoms with E-state index >= 15 is 0 Å². The van der Waals surface area contributed by atoms with Gasteiger partial charge in [-0.2, -0.15) is 0 Å². The van der Waals surface area contributed by atoms with Crippen LogP contribution in [-0.2, 0) is 11.2 Å². The Balaban J connectivity index is 1.75. The van der Waals surface area contributed by atoms with Crippen molar-refractivity contribution in [2.45, 2.75) is 51.6 Å². The largest absolute Gasteiger partial charge is 0.492 e. The first-order valence-corrected chi connectivity index (χ1v) is 7.69. The van der Waals surface area contributed by atoms with Gasteiger partial charge in [-0.3, -0.25) is 4.79 Å². The fraction of sp³-hybridized carbons (Fsp3) is 0.588. The molecular formula is C17H23NO2. The molecular weight excluding hydrogens is 250 g/mol. The summed E-state index contributed by atoms with van der Waals surface area (Å²) in [7, 11) is 0. The second kappa shape index (κ2) is 5.47. The Morgan fingerprint density at radius 2 is 1.90 bits per heavy atom. The van der Waals surface area contributed by atoms with E-state index < -0.39 is 0 Å². The lowest BCUT2D eigenvalue weighted by molar-refractivity contribution is -0.143. The Bertz CT molecular complexity index is 490. The van der Waals surface area contributed by atoms with E-state index in [9.17, 15) is 4.79 Å². The van der Waals surface area contributed by atoms with Crippen LogP contribution < -0.4 is 4.74 Å². The Hall–Kier alpha value is -1.51. The standard InChI is InChI=1S/C17H23NO2/c1-12-6-5-7-13(2)18(12)17(19)15-10-14-8-3-4-9-16(14)20-11-15/h3-4,8-9,12-13,15H,5-7,10-11H2,1-2H3/t12-,13+,15-/m0/s1. The molecule has 0 N–H and O–H groups in total. The number of likely N-dealkylation sites (tertiary alicyclic amines) is 1. The summed E-state index contributed by atoms with van der Waals surface area (Å²) in [6, 6.07) is 8.78. The molecule has 2 heterocycles. The number of rotatable bonds is 1. The molecule has 3 heteroatoms. The molecule has 1 saturated heterocycles. The molecule has 2 aliphatic rings. The average Bonchev–Trinajstić information content (AvgIpc) is 2.46. The normalized spacial score (nSPS) is 29.5. The number of nitrogens with zero attached hydrogens (tertiary/aromatic N) is 1. The molecule has 3 atom stereocenters. The van der Waals surface area contributed by atoms with Gasteiger partial charge in [0, 0.05) is 12.1 Å². The molecule has 1 amide bonds. The minimum absolute atomic E-state index is 0.0205. The first kappa shape index (κ1) is 13.5. The summed E-state index contributed by atoms with van der Waals surface area (Å²) in [5, 5.41) is 0. The van der Waals surface area contributed by atoms with E-state index in [1.54, 1.807) is 0 Å². The van der Waals surface area contributed by atoms with Gasteiger partial charge in [0.05, 0.1) is 5.92 Å². The molecule has 3 rings (SSSR count). The second-order valence-electron chi connectivity index (χ2n) is 6.19. The quantitative estimate of drug-likeness (QED) is 0.787. The van der Waals surface area contributed by atoms with Crippen LogP contribution in [0, 0.1) is 5.92 Å². The summed E-state index contributed by atoms with van der Waals surface area (Å²) in [5.74, 6) is 1.20. The summed E-state index contributed by atoms with van der Waals surface area (Å²) in [4.78, 5) is 14.9. The van der Waals surface area contributed by atoms with E-state index in [0.29, 0.717) is 18.7 Å². The third kappa shape index (κ3) is 2.41. The number of carbonyl (C=O) groups is 1. The number of piperidine rings is 1.